The normalized spacial score (nSPS) is 20.7. The molecule has 120 valence electrons. The van der Waals surface area contributed by atoms with Crippen molar-refractivity contribution < 1.29 is 19.1 Å². The van der Waals surface area contributed by atoms with Crippen molar-refractivity contribution in [2.75, 3.05) is 13.1 Å². The van der Waals surface area contributed by atoms with Crippen molar-refractivity contribution in [1.29, 1.82) is 0 Å². The Labute approximate surface area is 135 Å². The van der Waals surface area contributed by atoms with Crippen LogP contribution in [-0.4, -0.2) is 50.6 Å². The van der Waals surface area contributed by atoms with E-state index in [-0.39, 0.29) is 25.3 Å². The van der Waals surface area contributed by atoms with Crippen molar-refractivity contribution in [3.63, 3.8) is 0 Å². The molecule has 1 fully saturated rings. The van der Waals surface area contributed by atoms with Gasteiger partial charge >= 0.3 is 5.97 Å². The zero-order valence-corrected chi connectivity index (χ0v) is 12.9. The van der Waals surface area contributed by atoms with Gasteiger partial charge in [0.15, 0.2) is 0 Å². The Hall–Kier alpha value is -2.35. The lowest BCUT2D eigenvalue weighted by molar-refractivity contribution is -0.150. The summed E-state index contributed by atoms with van der Waals surface area (Å²) >= 11 is 1.40. The van der Waals surface area contributed by atoms with E-state index in [2.05, 4.69) is 9.97 Å². The molecule has 1 aliphatic rings. The molecule has 1 atom stereocenters. The zero-order chi connectivity index (χ0) is 16.4. The van der Waals surface area contributed by atoms with Gasteiger partial charge in [0, 0.05) is 36.3 Å². The van der Waals surface area contributed by atoms with Crippen LogP contribution >= 0.6 is 11.3 Å². The van der Waals surface area contributed by atoms with E-state index in [1.54, 1.807) is 23.8 Å². The van der Waals surface area contributed by atoms with E-state index >= 15 is 0 Å². The lowest BCUT2D eigenvalue weighted by atomic mass is 10.1. The highest BCUT2D eigenvalue weighted by Crippen LogP contribution is 2.27. The summed E-state index contributed by atoms with van der Waals surface area (Å²) in [6.45, 7) is -0.290. The molecule has 1 saturated heterocycles. The van der Waals surface area contributed by atoms with Crippen molar-refractivity contribution in [2.45, 2.75) is 18.5 Å². The molecule has 3 rings (SSSR count). The molecule has 0 aromatic carbocycles. The van der Waals surface area contributed by atoms with Gasteiger partial charge in [-0.2, -0.15) is 0 Å². The molecule has 1 N–H and O–H groups in total. The van der Waals surface area contributed by atoms with Crippen LogP contribution in [0.3, 0.4) is 0 Å². The molecule has 0 bridgehead atoms. The highest BCUT2D eigenvalue weighted by atomic mass is 32.1. The Morgan fingerprint density at radius 1 is 1.48 bits per heavy atom. The molecular weight excluding hydrogens is 321 g/mol. The summed E-state index contributed by atoms with van der Waals surface area (Å²) in [6.07, 6.45) is 3.22. The summed E-state index contributed by atoms with van der Waals surface area (Å²) in [5, 5.41) is 11.4. The molecule has 6 nitrogen and oxygen atoms in total. The van der Waals surface area contributed by atoms with Crippen LogP contribution < -0.4 is 0 Å². The fourth-order valence-corrected chi connectivity index (χ4v) is 3.25. The SMILES string of the molecule is O=C(Cc1csc(-c2cccnc2)n1)N1CCC(F)(C(=O)O)C1. The fraction of sp³-hybridized carbons (Fsp3) is 0.333. The summed E-state index contributed by atoms with van der Waals surface area (Å²) in [5.41, 5.74) is -0.880. The summed E-state index contributed by atoms with van der Waals surface area (Å²) in [6, 6.07) is 3.68. The van der Waals surface area contributed by atoms with Crippen molar-refractivity contribution in [3.05, 3.63) is 35.6 Å². The van der Waals surface area contributed by atoms with E-state index in [4.69, 9.17) is 5.11 Å². The predicted octanol–water partition coefficient (Wildman–Crippen LogP) is 1.77. The van der Waals surface area contributed by atoms with Gasteiger partial charge in [0.2, 0.25) is 11.6 Å². The number of likely N-dealkylation sites (tertiary alicyclic amines) is 1. The molecule has 2 aromatic heterocycles. The molecule has 1 unspecified atom stereocenters. The number of nitrogens with zero attached hydrogens (tertiary/aromatic N) is 3. The molecule has 0 aliphatic carbocycles. The predicted molar refractivity (Wildman–Crippen MR) is 81.7 cm³/mol. The molecule has 3 heterocycles. The number of alkyl halides is 1. The number of hydrogen-bond donors (Lipinski definition) is 1. The van der Waals surface area contributed by atoms with Crippen molar-refractivity contribution >= 4 is 23.2 Å². The maximum absolute atomic E-state index is 14.0. The minimum Gasteiger partial charge on any atom is -0.479 e. The standard InChI is InChI=1S/C15H14FN3O3S/c16-15(14(21)22)3-5-19(9-15)12(20)6-11-8-23-13(18-11)10-2-1-4-17-7-10/h1-2,4,7-8H,3,5-6,9H2,(H,21,22). The lowest BCUT2D eigenvalue weighted by Crippen LogP contribution is -2.39. The van der Waals surface area contributed by atoms with Crippen LogP contribution in [0, 0.1) is 0 Å². The van der Waals surface area contributed by atoms with Gasteiger partial charge in [0.25, 0.3) is 0 Å². The summed E-state index contributed by atoms with van der Waals surface area (Å²) in [4.78, 5) is 32.7. The van der Waals surface area contributed by atoms with E-state index in [0.29, 0.717) is 5.69 Å². The van der Waals surface area contributed by atoms with Crippen LogP contribution in [0.4, 0.5) is 4.39 Å². The third-order valence-electron chi connectivity index (χ3n) is 3.75. The van der Waals surface area contributed by atoms with Gasteiger partial charge in [-0.1, -0.05) is 0 Å². The Balaban J connectivity index is 1.66. The number of hydrogen-bond acceptors (Lipinski definition) is 5. The molecule has 0 saturated carbocycles. The van der Waals surface area contributed by atoms with Crippen molar-refractivity contribution in [3.8, 4) is 10.6 Å². The quantitative estimate of drug-likeness (QED) is 0.921. The number of amides is 1. The largest absolute Gasteiger partial charge is 0.479 e. The highest BCUT2D eigenvalue weighted by Gasteiger charge is 2.46. The minimum absolute atomic E-state index is 0.0342. The first-order valence-corrected chi connectivity index (χ1v) is 7.91. The van der Waals surface area contributed by atoms with Crippen LogP contribution in [0.5, 0.6) is 0 Å². The number of aliphatic carboxylic acids is 1. The first-order chi connectivity index (χ1) is 11.0. The van der Waals surface area contributed by atoms with E-state index in [0.717, 1.165) is 10.6 Å². The molecule has 8 heteroatoms. The van der Waals surface area contributed by atoms with Crippen LogP contribution in [0.25, 0.3) is 10.6 Å². The van der Waals surface area contributed by atoms with Gasteiger partial charge in [-0.05, 0) is 12.1 Å². The van der Waals surface area contributed by atoms with E-state index < -0.39 is 18.2 Å². The first-order valence-electron chi connectivity index (χ1n) is 7.03. The average Bonchev–Trinajstić information content (AvgIpc) is 3.16. The number of halogens is 1. The van der Waals surface area contributed by atoms with E-state index in [1.165, 1.54) is 16.2 Å². The van der Waals surface area contributed by atoms with E-state index in [9.17, 15) is 14.0 Å². The Kier molecular flexibility index (Phi) is 4.08. The second-order valence-electron chi connectivity index (χ2n) is 5.40. The molecule has 0 radical (unpaired) electrons. The number of aromatic nitrogens is 2. The van der Waals surface area contributed by atoms with Gasteiger partial charge in [0.05, 0.1) is 18.7 Å². The molecule has 1 aliphatic heterocycles. The number of pyridine rings is 1. The highest BCUT2D eigenvalue weighted by molar-refractivity contribution is 7.13. The molecule has 23 heavy (non-hydrogen) atoms. The number of carbonyl (C=O) groups excluding carboxylic acids is 1. The zero-order valence-electron chi connectivity index (χ0n) is 12.1. The van der Waals surface area contributed by atoms with Gasteiger partial charge < -0.3 is 10.0 Å². The Morgan fingerprint density at radius 2 is 2.30 bits per heavy atom. The average molecular weight is 335 g/mol. The van der Waals surface area contributed by atoms with Crippen LogP contribution in [0.1, 0.15) is 12.1 Å². The van der Waals surface area contributed by atoms with Crippen LogP contribution in [0.2, 0.25) is 0 Å². The molecular formula is C15H14FN3O3S. The molecule has 1 amide bonds. The van der Waals surface area contributed by atoms with Gasteiger partial charge in [-0.15, -0.1) is 11.3 Å². The summed E-state index contributed by atoms with van der Waals surface area (Å²) in [5.74, 6) is -1.82. The third kappa shape index (κ3) is 3.21. The van der Waals surface area contributed by atoms with E-state index in [1.807, 2.05) is 6.07 Å². The maximum atomic E-state index is 14.0. The number of carboxylic acids is 1. The molecule has 0 spiro atoms. The van der Waals surface area contributed by atoms with Crippen LogP contribution in [-0.2, 0) is 16.0 Å². The second kappa shape index (κ2) is 6.04. The van der Waals surface area contributed by atoms with Crippen molar-refractivity contribution in [2.24, 2.45) is 0 Å². The number of rotatable bonds is 4. The first kappa shape index (κ1) is 15.5. The number of carbonyl (C=O) groups is 2. The smallest absolute Gasteiger partial charge is 0.343 e. The fourth-order valence-electron chi connectivity index (χ4n) is 2.44. The number of carboxylic acid groups (broad SMARTS) is 1. The minimum atomic E-state index is -2.33. The topological polar surface area (TPSA) is 83.4 Å². The lowest BCUT2D eigenvalue weighted by Gasteiger charge is -2.17. The Bertz CT molecular complexity index is 737. The molecule has 2 aromatic rings. The second-order valence-corrected chi connectivity index (χ2v) is 6.26. The maximum Gasteiger partial charge on any atom is 0.343 e. The van der Waals surface area contributed by atoms with Crippen molar-refractivity contribution in [1.82, 2.24) is 14.9 Å². The number of thiazole rings is 1. The van der Waals surface area contributed by atoms with Crippen LogP contribution in [0.15, 0.2) is 29.9 Å². The monoisotopic (exact) mass is 335 g/mol. The van der Waals surface area contributed by atoms with Gasteiger partial charge in [0.1, 0.15) is 5.01 Å². The summed E-state index contributed by atoms with van der Waals surface area (Å²) in [7, 11) is 0. The Morgan fingerprint density at radius 3 is 2.96 bits per heavy atom. The summed E-state index contributed by atoms with van der Waals surface area (Å²) < 4.78 is 14.0. The third-order valence-corrected chi connectivity index (χ3v) is 4.69. The van der Waals surface area contributed by atoms with Gasteiger partial charge in [-0.3, -0.25) is 9.78 Å². The van der Waals surface area contributed by atoms with Gasteiger partial charge in [-0.25, -0.2) is 14.2 Å².